The van der Waals surface area contributed by atoms with Crippen molar-refractivity contribution in [2.75, 3.05) is 7.05 Å². The standard InChI is InChI=1S/C11H10BrNO4S3/c1-13(5-7-4-9(12)19-6-7)20(16,17)8-2-3-18-10(8)11(14)15/h2-4,6H,5H2,1H3,(H,14,15). The van der Waals surface area contributed by atoms with E-state index in [1.165, 1.54) is 29.8 Å². The number of thiophene rings is 2. The molecule has 2 aromatic rings. The number of hydrogen-bond acceptors (Lipinski definition) is 5. The highest BCUT2D eigenvalue weighted by molar-refractivity contribution is 9.11. The van der Waals surface area contributed by atoms with Gasteiger partial charge in [0.05, 0.1) is 3.79 Å². The maximum absolute atomic E-state index is 12.4. The van der Waals surface area contributed by atoms with Crippen LogP contribution in [0.4, 0.5) is 0 Å². The molecule has 0 fully saturated rings. The van der Waals surface area contributed by atoms with E-state index in [2.05, 4.69) is 15.9 Å². The fourth-order valence-corrected chi connectivity index (χ4v) is 5.18. The number of sulfonamides is 1. The minimum atomic E-state index is -3.81. The molecule has 0 amide bonds. The van der Waals surface area contributed by atoms with E-state index in [1.54, 1.807) is 0 Å². The van der Waals surface area contributed by atoms with Crippen molar-refractivity contribution >= 4 is 54.6 Å². The van der Waals surface area contributed by atoms with Crippen molar-refractivity contribution in [2.45, 2.75) is 11.4 Å². The summed E-state index contributed by atoms with van der Waals surface area (Å²) in [5.74, 6) is -1.23. The topological polar surface area (TPSA) is 74.7 Å². The second kappa shape index (κ2) is 5.94. The molecule has 0 aliphatic carbocycles. The molecule has 0 radical (unpaired) electrons. The number of aromatic carboxylic acids is 1. The summed E-state index contributed by atoms with van der Waals surface area (Å²) in [7, 11) is -2.37. The van der Waals surface area contributed by atoms with Crippen LogP contribution < -0.4 is 0 Å². The van der Waals surface area contributed by atoms with Crippen molar-refractivity contribution in [3.8, 4) is 0 Å². The molecule has 0 saturated heterocycles. The highest BCUT2D eigenvalue weighted by Crippen LogP contribution is 2.27. The smallest absolute Gasteiger partial charge is 0.347 e. The van der Waals surface area contributed by atoms with Crippen molar-refractivity contribution in [2.24, 2.45) is 0 Å². The van der Waals surface area contributed by atoms with Crippen LogP contribution in [0.5, 0.6) is 0 Å². The molecule has 108 valence electrons. The largest absolute Gasteiger partial charge is 0.477 e. The molecular formula is C11H10BrNO4S3. The number of hydrogen-bond donors (Lipinski definition) is 1. The first-order valence-corrected chi connectivity index (χ1v) is 9.31. The Balaban J connectivity index is 2.30. The van der Waals surface area contributed by atoms with Crippen molar-refractivity contribution in [3.63, 3.8) is 0 Å². The summed E-state index contributed by atoms with van der Waals surface area (Å²) in [5, 5.41) is 12.3. The van der Waals surface area contributed by atoms with Gasteiger partial charge in [0.25, 0.3) is 0 Å². The normalized spacial score (nSPS) is 11.9. The maximum atomic E-state index is 12.4. The first-order valence-electron chi connectivity index (χ1n) is 5.32. The zero-order chi connectivity index (χ0) is 14.9. The van der Waals surface area contributed by atoms with Crippen LogP contribution in [0.1, 0.15) is 15.2 Å². The third-order valence-electron chi connectivity index (χ3n) is 2.54. The Morgan fingerprint density at radius 1 is 1.45 bits per heavy atom. The van der Waals surface area contributed by atoms with Crippen molar-refractivity contribution in [3.05, 3.63) is 37.1 Å². The molecule has 5 nitrogen and oxygen atoms in total. The minimum absolute atomic E-state index is 0.160. The Labute approximate surface area is 132 Å². The van der Waals surface area contributed by atoms with Crippen LogP contribution in [0.2, 0.25) is 0 Å². The molecule has 2 aromatic heterocycles. The summed E-state index contributed by atoms with van der Waals surface area (Å²) in [6, 6.07) is 3.16. The SMILES string of the molecule is CN(Cc1csc(Br)c1)S(=O)(=O)c1ccsc1C(=O)O. The van der Waals surface area contributed by atoms with Gasteiger partial charge < -0.3 is 5.11 Å². The molecule has 0 saturated carbocycles. The molecule has 0 atom stereocenters. The number of rotatable bonds is 5. The van der Waals surface area contributed by atoms with Gasteiger partial charge in [-0.05, 0) is 44.4 Å². The maximum Gasteiger partial charge on any atom is 0.347 e. The number of carboxylic acids is 1. The van der Waals surface area contributed by atoms with Gasteiger partial charge in [0.2, 0.25) is 10.0 Å². The van der Waals surface area contributed by atoms with E-state index in [0.717, 1.165) is 25.0 Å². The molecular weight excluding hydrogens is 386 g/mol. The number of carboxylic acid groups (broad SMARTS) is 1. The van der Waals surface area contributed by atoms with Crippen LogP contribution in [0, 0.1) is 0 Å². The van der Waals surface area contributed by atoms with E-state index in [0.29, 0.717) is 0 Å². The molecule has 0 unspecified atom stereocenters. The molecule has 0 aromatic carbocycles. The summed E-state index contributed by atoms with van der Waals surface area (Å²) in [4.78, 5) is 10.7. The van der Waals surface area contributed by atoms with Gasteiger partial charge in [-0.1, -0.05) is 0 Å². The van der Waals surface area contributed by atoms with Crippen LogP contribution in [0.15, 0.2) is 31.6 Å². The Morgan fingerprint density at radius 2 is 2.15 bits per heavy atom. The van der Waals surface area contributed by atoms with Gasteiger partial charge in [0, 0.05) is 13.6 Å². The van der Waals surface area contributed by atoms with E-state index >= 15 is 0 Å². The zero-order valence-corrected chi connectivity index (χ0v) is 14.3. The fraction of sp³-hybridized carbons (Fsp3) is 0.182. The first kappa shape index (κ1) is 15.6. The fourth-order valence-electron chi connectivity index (χ4n) is 1.60. The number of carbonyl (C=O) groups is 1. The molecule has 0 spiro atoms. The molecule has 9 heteroatoms. The lowest BCUT2D eigenvalue weighted by molar-refractivity contribution is 0.0698. The summed E-state index contributed by atoms with van der Waals surface area (Å²) in [6.45, 7) is 0.194. The van der Waals surface area contributed by atoms with Gasteiger partial charge >= 0.3 is 5.97 Å². The summed E-state index contributed by atoms with van der Waals surface area (Å²) in [5.41, 5.74) is 0.847. The van der Waals surface area contributed by atoms with Gasteiger partial charge in [0.1, 0.15) is 9.77 Å². The highest BCUT2D eigenvalue weighted by Gasteiger charge is 2.27. The molecule has 0 aliphatic rings. The van der Waals surface area contributed by atoms with Gasteiger partial charge in [-0.2, -0.15) is 4.31 Å². The predicted octanol–water partition coefficient (Wildman–Crippen LogP) is 3.09. The Bertz CT molecular complexity index is 734. The Morgan fingerprint density at radius 3 is 2.70 bits per heavy atom. The summed E-state index contributed by atoms with van der Waals surface area (Å²) in [6.07, 6.45) is 0. The lowest BCUT2D eigenvalue weighted by atomic mass is 10.3. The number of nitrogens with zero attached hydrogens (tertiary/aromatic N) is 1. The van der Waals surface area contributed by atoms with E-state index in [4.69, 9.17) is 5.11 Å². The third kappa shape index (κ3) is 3.12. The second-order valence-electron chi connectivity index (χ2n) is 3.94. The molecule has 0 bridgehead atoms. The monoisotopic (exact) mass is 395 g/mol. The predicted molar refractivity (Wildman–Crippen MR) is 82.0 cm³/mol. The summed E-state index contributed by atoms with van der Waals surface area (Å²) < 4.78 is 26.8. The van der Waals surface area contributed by atoms with Crippen LogP contribution in [0.25, 0.3) is 0 Å². The zero-order valence-electron chi connectivity index (χ0n) is 10.2. The summed E-state index contributed by atoms with van der Waals surface area (Å²) >= 11 is 5.68. The lowest BCUT2D eigenvalue weighted by Crippen LogP contribution is -2.27. The number of halogens is 1. The minimum Gasteiger partial charge on any atom is -0.477 e. The first-order chi connectivity index (χ1) is 9.32. The second-order valence-corrected chi connectivity index (χ2v) is 9.16. The molecule has 20 heavy (non-hydrogen) atoms. The van der Waals surface area contributed by atoms with E-state index in [-0.39, 0.29) is 16.3 Å². The lowest BCUT2D eigenvalue weighted by Gasteiger charge is -2.16. The molecule has 0 aliphatic heterocycles. The van der Waals surface area contributed by atoms with Gasteiger partial charge in [0.15, 0.2) is 0 Å². The van der Waals surface area contributed by atoms with Crippen LogP contribution >= 0.6 is 38.6 Å². The molecule has 2 rings (SSSR count). The highest BCUT2D eigenvalue weighted by atomic mass is 79.9. The van der Waals surface area contributed by atoms with Crippen molar-refractivity contribution in [1.29, 1.82) is 0 Å². The third-order valence-corrected chi connectivity index (χ3v) is 6.97. The van der Waals surface area contributed by atoms with Crippen LogP contribution in [-0.2, 0) is 16.6 Å². The van der Waals surface area contributed by atoms with Gasteiger partial charge in [-0.25, -0.2) is 13.2 Å². The Hall–Kier alpha value is -0.740. The van der Waals surface area contributed by atoms with Crippen molar-refractivity contribution in [1.82, 2.24) is 4.31 Å². The van der Waals surface area contributed by atoms with E-state index in [9.17, 15) is 13.2 Å². The van der Waals surface area contributed by atoms with Crippen molar-refractivity contribution < 1.29 is 18.3 Å². The molecule has 1 N–H and O–H groups in total. The van der Waals surface area contributed by atoms with Gasteiger partial charge in [-0.3, -0.25) is 0 Å². The van der Waals surface area contributed by atoms with Crippen LogP contribution in [0.3, 0.4) is 0 Å². The quantitative estimate of drug-likeness (QED) is 0.843. The Kier molecular flexibility index (Phi) is 4.65. The average molecular weight is 396 g/mol. The van der Waals surface area contributed by atoms with Gasteiger partial charge in [-0.15, -0.1) is 22.7 Å². The molecule has 2 heterocycles. The van der Waals surface area contributed by atoms with E-state index < -0.39 is 16.0 Å². The van der Waals surface area contributed by atoms with Crippen LogP contribution in [-0.4, -0.2) is 30.8 Å². The average Bonchev–Trinajstić information content (AvgIpc) is 2.98. The van der Waals surface area contributed by atoms with E-state index in [1.807, 2.05) is 11.4 Å².